The molecule has 0 spiro atoms. The molecule has 4 heteroatoms. The molecule has 1 unspecified atom stereocenters. The van der Waals surface area contributed by atoms with Crippen LogP contribution in [0, 0.1) is 11.7 Å². The lowest BCUT2D eigenvalue weighted by Crippen LogP contribution is -2.13. The molecule has 0 saturated carbocycles. The fourth-order valence-electron chi connectivity index (χ4n) is 1.39. The van der Waals surface area contributed by atoms with Gasteiger partial charge in [-0.3, -0.25) is 0 Å². The highest BCUT2D eigenvalue weighted by molar-refractivity contribution is 7.99. The molecule has 0 saturated heterocycles. The normalized spacial score (nSPS) is 12.7. The van der Waals surface area contributed by atoms with Crippen LogP contribution in [0.25, 0.3) is 0 Å². The molecule has 0 aromatic heterocycles. The molecule has 0 aliphatic heterocycles. The van der Waals surface area contributed by atoms with E-state index in [1.165, 1.54) is 17.8 Å². The highest BCUT2D eigenvalue weighted by Crippen LogP contribution is 2.27. The fourth-order valence-corrected chi connectivity index (χ4v) is 2.48. The zero-order chi connectivity index (χ0) is 12.7. The van der Waals surface area contributed by atoms with Crippen LogP contribution in [0.15, 0.2) is 23.1 Å². The second-order valence-electron chi connectivity index (χ2n) is 4.11. The van der Waals surface area contributed by atoms with Gasteiger partial charge in [-0.25, -0.2) is 4.39 Å². The van der Waals surface area contributed by atoms with Crippen LogP contribution in [0.2, 0.25) is 0 Å². The highest BCUT2D eigenvalue weighted by atomic mass is 32.2. The van der Waals surface area contributed by atoms with E-state index in [1.807, 2.05) is 19.9 Å². The van der Waals surface area contributed by atoms with Gasteiger partial charge < -0.3 is 10.4 Å². The molecule has 0 heterocycles. The first-order valence-corrected chi connectivity index (χ1v) is 6.89. The third-order valence-corrected chi connectivity index (χ3v) is 3.92. The van der Waals surface area contributed by atoms with Crippen molar-refractivity contribution in [3.8, 4) is 0 Å². The number of aliphatic hydroxyl groups is 1. The van der Waals surface area contributed by atoms with Gasteiger partial charge in [0.15, 0.2) is 0 Å². The molecule has 0 aliphatic carbocycles. The Hall–Kier alpha value is -0.580. The van der Waals surface area contributed by atoms with Gasteiger partial charge in [0.1, 0.15) is 5.82 Å². The molecule has 2 nitrogen and oxygen atoms in total. The quantitative estimate of drug-likeness (QED) is 0.737. The van der Waals surface area contributed by atoms with E-state index >= 15 is 0 Å². The van der Waals surface area contributed by atoms with Crippen molar-refractivity contribution in [3.63, 3.8) is 0 Å². The minimum Gasteiger partial charge on any atom is -0.396 e. The Morgan fingerprint density at radius 1 is 1.47 bits per heavy atom. The van der Waals surface area contributed by atoms with Crippen molar-refractivity contribution in [1.29, 1.82) is 0 Å². The average molecular weight is 257 g/mol. The van der Waals surface area contributed by atoms with E-state index in [2.05, 4.69) is 5.32 Å². The number of rotatable bonds is 7. The Morgan fingerprint density at radius 3 is 2.88 bits per heavy atom. The predicted octanol–water partition coefficient (Wildman–Crippen LogP) is 2.66. The van der Waals surface area contributed by atoms with E-state index in [0.717, 1.165) is 17.9 Å². The van der Waals surface area contributed by atoms with Crippen molar-refractivity contribution >= 4 is 11.8 Å². The van der Waals surface area contributed by atoms with Gasteiger partial charge in [-0.1, -0.05) is 26.0 Å². The summed E-state index contributed by atoms with van der Waals surface area (Å²) < 4.78 is 13.7. The van der Waals surface area contributed by atoms with Gasteiger partial charge in [-0.2, -0.15) is 0 Å². The molecule has 0 radical (unpaired) electrons. The molecule has 2 N–H and O–H groups in total. The van der Waals surface area contributed by atoms with E-state index in [9.17, 15) is 4.39 Å². The van der Waals surface area contributed by atoms with Crippen LogP contribution >= 0.6 is 11.8 Å². The Labute approximate surface area is 107 Å². The third-order valence-electron chi connectivity index (χ3n) is 2.44. The molecule has 0 fully saturated rings. The molecule has 1 atom stereocenters. The van der Waals surface area contributed by atoms with Crippen LogP contribution in [0.1, 0.15) is 19.4 Å². The summed E-state index contributed by atoms with van der Waals surface area (Å²) in [5.41, 5.74) is 0.988. The average Bonchev–Trinajstić information content (AvgIpc) is 2.34. The maximum absolute atomic E-state index is 13.7. The first-order valence-electron chi connectivity index (χ1n) is 5.90. The van der Waals surface area contributed by atoms with Crippen molar-refractivity contribution in [2.24, 2.45) is 5.92 Å². The van der Waals surface area contributed by atoms with Crippen molar-refractivity contribution in [2.75, 3.05) is 18.9 Å². The number of nitrogens with one attached hydrogen (secondary N) is 1. The van der Waals surface area contributed by atoms with E-state index in [4.69, 9.17) is 5.11 Å². The van der Waals surface area contributed by atoms with Crippen molar-refractivity contribution in [2.45, 2.75) is 25.3 Å². The summed E-state index contributed by atoms with van der Waals surface area (Å²) in [5.74, 6) is 0.749. The van der Waals surface area contributed by atoms with Gasteiger partial charge in [0.05, 0.1) is 0 Å². The monoisotopic (exact) mass is 257 g/mol. The van der Waals surface area contributed by atoms with E-state index in [-0.39, 0.29) is 18.3 Å². The number of benzene rings is 1. The summed E-state index contributed by atoms with van der Waals surface area (Å²) in [5, 5.41) is 12.2. The molecule has 0 aliphatic rings. The van der Waals surface area contributed by atoms with Gasteiger partial charge in [0.2, 0.25) is 0 Å². The largest absolute Gasteiger partial charge is 0.396 e. The molecular formula is C13H20FNOS. The summed E-state index contributed by atoms with van der Waals surface area (Å²) in [6.07, 6.45) is 0. The van der Waals surface area contributed by atoms with E-state index in [1.54, 1.807) is 6.07 Å². The van der Waals surface area contributed by atoms with Gasteiger partial charge in [-0.15, -0.1) is 11.8 Å². The minimum absolute atomic E-state index is 0.143. The lowest BCUT2D eigenvalue weighted by molar-refractivity contribution is 0.250. The van der Waals surface area contributed by atoms with Crippen LogP contribution < -0.4 is 5.32 Å². The third kappa shape index (κ3) is 4.66. The maximum atomic E-state index is 13.7. The summed E-state index contributed by atoms with van der Waals surface area (Å²) in [6, 6.07) is 5.17. The summed E-state index contributed by atoms with van der Waals surface area (Å²) >= 11 is 1.48. The number of hydrogen-bond acceptors (Lipinski definition) is 3. The standard InChI is InChI=1S/C13H20FNOS/c1-3-15-7-11-5-4-6-12(14)13(11)17-9-10(2)8-16/h4-6,10,15-16H,3,7-9H2,1-2H3. The minimum atomic E-state index is -0.171. The molecule has 96 valence electrons. The van der Waals surface area contributed by atoms with Crippen molar-refractivity contribution < 1.29 is 9.50 Å². The predicted molar refractivity (Wildman–Crippen MR) is 70.8 cm³/mol. The van der Waals surface area contributed by atoms with Crippen LogP contribution in [-0.4, -0.2) is 24.0 Å². The zero-order valence-electron chi connectivity index (χ0n) is 10.4. The molecule has 0 bridgehead atoms. The summed E-state index contributed by atoms with van der Waals surface area (Å²) in [6.45, 7) is 5.68. The Kier molecular flexibility index (Phi) is 6.55. The van der Waals surface area contributed by atoms with Gasteiger partial charge in [-0.05, 0) is 24.1 Å². The van der Waals surface area contributed by atoms with Gasteiger partial charge in [0.25, 0.3) is 0 Å². The zero-order valence-corrected chi connectivity index (χ0v) is 11.2. The Bertz CT molecular complexity index is 346. The smallest absolute Gasteiger partial charge is 0.137 e. The first-order chi connectivity index (χ1) is 8.19. The van der Waals surface area contributed by atoms with Crippen molar-refractivity contribution in [1.82, 2.24) is 5.32 Å². The number of hydrogen-bond donors (Lipinski definition) is 2. The Morgan fingerprint density at radius 2 is 2.24 bits per heavy atom. The lowest BCUT2D eigenvalue weighted by atomic mass is 10.2. The summed E-state index contributed by atoms with van der Waals surface area (Å²) in [4.78, 5) is 0.703. The summed E-state index contributed by atoms with van der Waals surface area (Å²) in [7, 11) is 0. The molecule has 1 rings (SSSR count). The van der Waals surface area contributed by atoms with Crippen molar-refractivity contribution in [3.05, 3.63) is 29.6 Å². The maximum Gasteiger partial charge on any atom is 0.137 e. The van der Waals surface area contributed by atoms with Crippen LogP contribution in [0.5, 0.6) is 0 Å². The SMILES string of the molecule is CCNCc1cccc(F)c1SCC(C)CO. The van der Waals surface area contributed by atoms with Gasteiger partial charge >= 0.3 is 0 Å². The van der Waals surface area contributed by atoms with Crippen LogP contribution in [0.4, 0.5) is 4.39 Å². The second-order valence-corrected chi connectivity index (χ2v) is 5.14. The molecular weight excluding hydrogens is 237 g/mol. The van der Waals surface area contributed by atoms with E-state index < -0.39 is 0 Å². The molecule has 1 aromatic rings. The van der Waals surface area contributed by atoms with Crippen LogP contribution in [-0.2, 0) is 6.54 Å². The topological polar surface area (TPSA) is 32.3 Å². The molecule has 1 aromatic carbocycles. The Balaban J connectivity index is 2.72. The van der Waals surface area contributed by atoms with E-state index in [0.29, 0.717) is 11.4 Å². The number of thioether (sulfide) groups is 1. The molecule has 17 heavy (non-hydrogen) atoms. The van der Waals surface area contributed by atoms with Crippen LogP contribution in [0.3, 0.4) is 0 Å². The number of halogens is 1. The molecule has 0 amide bonds. The van der Waals surface area contributed by atoms with Gasteiger partial charge in [0, 0.05) is 23.8 Å². The first kappa shape index (κ1) is 14.5. The highest BCUT2D eigenvalue weighted by Gasteiger charge is 2.10. The lowest BCUT2D eigenvalue weighted by Gasteiger charge is -2.12. The fraction of sp³-hybridized carbons (Fsp3) is 0.538. The number of aliphatic hydroxyl groups excluding tert-OH is 1. The second kappa shape index (κ2) is 7.69.